The van der Waals surface area contributed by atoms with Crippen molar-refractivity contribution in [2.75, 3.05) is 20.3 Å². The molecule has 1 N–H and O–H groups in total. The molecule has 0 fully saturated rings. The summed E-state index contributed by atoms with van der Waals surface area (Å²) in [5, 5.41) is 3.88. The standard InChI is InChI=1S/C14H21ClFNO/c1-4-17-14(10(2)7-8-18-3)12-6-5-11(16)9-13(12)15/h5-6,9-10,14,17H,4,7-8H2,1-3H3. The molecular formula is C14H21ClFNO. The van der Waals surface area contributed by atoms with Crippen molar-refractivity contribution >= 4 is 11.6 Å². The Morgan fingerprint density at radius 1 is 1.44 bits per heavy atom. The predicted molar refractivity (Wildman–Crippen MR) is 73.5 cm³/mol. The quantitative estimate of drug-likeness (QED) is 0.816. The van der Waals surface area contributed by atoms with Gasteiger partial charge in [-0.05, 0) is 36.6 Å². The maximum absolute atomic E-state index is 13.1. The van der Waals surface area contributed by atoms with E-state index in [9.17, 15) is 4.39 Å². The Morgan fingerprint density at radius 3 is 2.72 bits per heavy atom. The molecule has 0 heterocycles. The Labute approximate surface area is 113 Å². The van der Waals surface area contributed by atoms with E-state index in [0.29, 0.717) is 17.5 Å². The zero-order chi connectivity index (χ0) is 13.5. The van der Waals surface area contributed by atoms with Crippen LogP contribution in [-0.2, 0) is 4.74 Å². The Morgan fingerprint density at radius 2 is 2.17 bits per heavy atom. The zero-order valence-electron chi connectivity index (χ0n) is 11.2. The molecule has 1 aromatic rings. The van der Waals surface area contributed by atoms with Crippen LogP contribution in [0, 0.1) is 11.7 Å². The number of methoxy groups -OCH3 is 1. The highest BCUT2D eigenvalue weighted by molar-refractivity contribution is 6.31. The van der Waals surface area contributed by atoms with Crippen LogP contribution >= 0.6 is 11.6 Å². The normalized spacial score (nSPS) is 14.5. The third kappa shape index (κ3) is 4.23. The molecule has 2 nitrogen and oxygen atoms in total. The Hall–Kier alpha value is -0.640. The van der Waals surface area contributed by atoms with Crippen molar-refractivity contribution in [3.05, 3.63) is 34.6 Å². The Kier molecular flexibility index (Phi) is 6.61. The lowest BCUT2D eigenvalue weighted by Crippen LogP contribution is -2.27. The first kappa shape index (κ1) is 15.4. The summed E-state index contributed by atoms with van der Waals surface area (Å²) in [4.78, 5) is 0. The smallest absolute Gasteiger partial charge is 0.124 e. The number of nitrogens with one attached hydrogen (secondary N) is 1. The summed E-state index contributed by atoms with van der Waals surface area (Å²) in [5.41, 5.74) is 0.948. The molecular weight excluding hydrogens is 253 g/mol. The van der Waals surface area contributed by atoms with E-state index in [1.54, 1.807) is 13.2 Å². The second kappa shape index (κ2) is 7.72. The van der Waals surface area contributed by atoms with E-state index >= 15 is 0 Å². The minimum atomic E-state index is -0.302. The van der Waals surface area contributed by atoms with E-state index in [1.165, 1.54) is 12.1 Å². The molecule has 0 aliphatic heterocycles. The number of rotatable bonds is 7. The van der Waals surface area contributed by atoms with E-state index in [2.05, 4.69) is 12.2 Å². The first-order chi connectivity index (χ1) is 8.60. The first-order valence-electron chi connectivity index (χ1n) is 6.27. The third-order valence-corrected chi connectivity index (χ3v) is 3.40. The summed E-state index contributed by atoms with van der Waals surface area (Å²) in [6, 6.07) is 4.70. The summed E-state index contributed by atoms with van der Waals surface area (Å²) in [7, 11) is 1.69. The fraction of sp³-hybridized carbons (Fsp3) is 0.571. The highest BCUT2D eigenvalue weighted by atomic mass is 35.5. The average Bonchev–Trinajstić information content (AvgIpc) is 2.34. The van der Waals surface area contributed by atoms with E-state index in [0.717, 1.165) is 18.5 Å². The van der Waals surface area contributed by atoms with Crippen molar-refractivity contribution in [1.82, 2.24) is 5.32 Å². The molecule has 1 aromatic carbocycles. The van der Waals surface area contributed by atoms with Crippen LogP contribution in [0.5, 0.6) is 0 Å². The average molecular weight is 274 g/mol. The van der Waals surface area contributed by atoms with Crippen LogP contribution in [-0.4, -0.2) is 20.3 Å². The van der Waals surface area contributed by atoms with Gasteiger partial charge in [-0.2, -0.15) is 0 Å². The van der Waals surface area contributed by atoms with Gasteiger partial charge < -0.3 is 10.1 Å². The Bertz CT molecular complexity index is 373. The van der Waals surface area contributed by atoms with Crippen LogP contribution in [0.3, 0.4) is 0 Å². The van der Waals surface area contributed by atoms with Gasteiger partial charge in [0.25, 0.3) is 0 Å². The molecule has 2 atom stereocenters. The molecule has 102 valence electrons. The largest absolute Gasteiger partial charge is 0.385 e. The topological polar surface area (TPSA) is 21.3 Å². The van der Waals surface area contributed by atoms with Gasteiger partial charge in [0.05, 0.1) is 0 Å². The fourth-order valence-corrected chi connectivity index (χ4v) is 2.35. The van der Waals surface area contributed by atoms with Crippen LogP contribution in [0.15, 0.2) is 18.2 Å². The SMILES string of the molecule is CCNC(c1ccc(F)cc1Cl)C(C)CCOC. The van der Waals surface area contributed by atoms with Crippen LogP contribution in [0.25, 0.3) is 0 Å². The van der Waals surface area contributed by atoms with Gasteiger partial charge in [-0.15, -0.1) is 0 Å². The Balaban J connectivity index is 2.88. The van der Waals surface area contributed by atoms with Crippen LogP contribution in [0.4, 0.5) is 4.39 Å². The predicted octanol–water partition coefficient (Wildman–Crippen LogP) is 3.80. The molecule has 0 radical (unpaired) electrons. The lowest BCUT2D eigenvalue weighted by molar-refractivity contribution is 0.170. The molecule has 0 saturated carbocycles. The van der Waals surface area contributed by atoms with Crippen molar-refractivity contribution in [1.29, 1.82) is 0 Å². The van der Waals surface area contributed by atoms with Gasteiger partial charge in [0.1, 0.15) is 5.82 Å². The summed E-state index contributed by atoms with van der Waals surface area (Å²) in [5.74, 6) is 0.0661. The lowest BCUT2D eigenvalue weighted by Gasteiger charge is -2.26. The number of halogens is 2. The van der Waals surface area contributed by atoms with Gasteiger partial charge in [0, 0.05) is 24.8 Å². The van der Waals surface area contributed by atoms with E-state index in [-0.39, 0.29) is 11.9 Å². The van der Waals surface area contributed by atoms with Crippen LogP contribution in [0.2, 0.25) is 5.02 Å². The minimum Gasteiger partial charge on any atom is -0.385 e. The lowest BCUT2D eigenvalue weighted by atomic mass is 9.92. The fourth-order valence-electron chi connectivity index (χ4n) is 2.06. The molecule has 0 aromatic heterocycles. The highest BCUT2D eigenvalue weighted by Gasteiger charge is 2.20. The van der Waals surface area contributed by atoms with Gasteiger partial charge in [-0.1, -0.05) is 31.5 Å². The molecule has 18 heavy (non-hydrogen) atoms. The van der Waals surface area contributed by atoms with Crippen molar-refractivity contribution in [3.63, 3.8) is 0 Å². The number of benzene rings is 1. The molecule has 0 amide bonds. The molecule has 0 bridgehead atoms. The first-order valence-corrected chi connectivity index (χ1v) is 6.65. The molecule has 4 heteroatoms. The molecule has 1 rings (SSSR count). The van der Waals surface area contributed by atoms with Gasteiger partial charge in [0.15, 0.2) is 0 Å². The summed E-state index contributed by atoms with van der Waals surface area (Å²) < 4.78 is 18.2. The van der Waals surface area contributed by atoms with Crippen LogP contribution in [0.1, 0.15) is 31.9 Å². The monoisotopic (exact) mass is 273 g/mol. The van der Waals surface area contributed by atoms with Crippen molar-refractivity contribution in [3.8, 4) is 0 Å². The van der Waals surface area contributed by atoms with Crippen molar-refractivity contribution < 1.29 is 9.13 Å². The summed E-state index contributed by atoms with van der Waals surface area (Å²) in [6.07, 6.45) is 0.932. The molecule has 0 aliphatic carbocycles. The number of ether oxygens (including phenoxy) is 1. The van der Waals surface area contributed by atoms with Gasteiger partial charge in [-0.25, -0.2) is 4.39 Å². The maximum Gasteiger partial charge on any atom is 0.124 e. The molecule has 0 spiro atoms. The van der Waals surface area contributed by atoms with Gasteiger partial charge in [0.2, 0.25) is 0 Å². The van der Waals surface area contributed by atoms with Gasteiger partial charge >= 0.3 is 0 Å². The van der Waals surface area contributed by atoms with Crippen LogP contribution < -0.4 is 5.32 Å². The molecule has 0 saturated heterocycles. The van der Waals surface area contributed by atoms with Gasteiger partial charge in [-0.3, -0.25) is 0 Å². The highest BCUT2D eigenvalue weighted by Crippen LogP contribution is 2.30. The van der Waals surface area contributed by atoms with E-state index in [4.69, 9.17) is 16.3 Å². The van der Waals surface area contributed by atoms with E-state index < -0.39 is 0 Å². The third-order valence-electron chi connectivity index (χ3n) is 3.07. The molecule has 2 unspecified atom stereocenters. The second-order valence-electron chi connectivity index (χ2n) is 4.46. The number of hydrogen-bond donors (Lipinski definition) is 1. The van der Waals surface area contributed by atoms with Crippen molar-refractivity contribution in [2.24, 2.45) is 5.92 Å². The molecule has 0 aliphatic rings. The summed E-state index contributed by atoms with van der Waals surface area (Å²) >= 11 is 6.13. The minimum absolute atomic E-state index is 0.123. The van der Waals surface area contributed by atoms with E-state index in [1.807, 2.05) is 6.92 Å². The maximum atomic E-state index is 13.1. The second-order valence-corrected chi connectivity index (χ2v) is 4.87. The van der Waals surface area contributed by atoms with Crippen molar-refractivity contribution in [2.45, 2.75) is 26.3 Å². The summed E-state index contributed by atoms with van der Waals surface area (Å²) in [6.45, 7) is 5.75. The number of hydrogen-bond acceptors (Lipinski definition) is 2. The zero-order valence-corrected chi connectivity index (χ0v) is 11.9.